The standard InChI is InChI=1S/C16H13FO2S/c1-19-13-5-2-10(3-6-13)16(18)15-9-11-8-12(17)4-7-14(11)20-15/h2-9,16,18H,1H3. The molecule has 0 aliphatic carbocycles. The van der Waals surface area contributed by atoms with Gasteiger partial charge in [0.15, 0.2) is 0 Å². The summed E-state index contributed by atoms with van der Waals surface area (Å²) >= 11 is 1.47. The van der Waals surface area contributed by atoms with Crippen LogP contribution in [0.5, 0.6) is 5.75 Å². The summed E-state index contributed by atoms with van der Waals surface area (Å²) in [6.45, 7) is 0. The Labute approximate surface area is 120 Å². The Kier molecular flexibility index (Phi) is 3.42. The molecule has 1 N–H and O–H groups in total. The molecule has 0 bridgehead atoms. The van der Waals surface area contributed by atoms with E-state index in [9.17, 15) is 9.50 Å². The van der Waals surface area contributed by atoms with E-state index in [1.807, 2.05) is 30.3 Å². The lowest BCUT2D eigenvalue weighted by Crippen LogP contribution is -1.96. The van der Waals surface area contributed by atoms with Gasteiger partial charge in [0.1, 0.15) is 17.7 Å². The van der Waals surface area contributed by atoms with Crippen molar-refractivity contribution in [1.29, 1.82) is 0 Å². The van der Waals surface area contributed by atoms with Crippen LogP contribution in [0.4, 0.5) is 4.39 Å². The van der Waals surface area contributed by atoms with Crippen LogP contribution in [0.3, 0.4) is 0 Å². The van der Waals surface area contributed by atoms with Crippen LogP contribution in [-0.2, 0) is 0 Å². The Morgan fingerprint density at radius 3 is 2.55 bits per heavy atom. The van der Waals surface area contributed by atoms with Crippen LogP contribution in [0.1, 0.15) is 16.5 Å². The minimum absolute atomic E-state index is 0.263. The molecule has 1 heterocycles. The molecular formula is C16H13FO2S. The molecule has 102 valence electrons. The number of thiophene rings is 1. The summed E-state index contributed by atoms with van der Waals surface area (Å²) in [6.07, 6.45) is -0.707. The van der Waals surface area contributed by atoms with E-state index in [4.69, 9.17) is 4.74 Å². The highest BCUT2D eigenvalue weighted by Crippen LogP contribution is 2.33. The first-order valence-electron chi connectivity index (χ1n) is 6.18. The molecule has 2 aromatic carbocycles. The first kappa shape index (κ1) is 13.1. The minimum atomic E-state index is -0.707. The van der Waals surface area contributed by atoms with Crippen molar-refractivity contribution < 1.29 is 14.2 Å². The number of hydrogen-bond donors (Lipinski definition) is 1. The predicted molar refractivity (Wildman–Crippen MR) is 78.8 cm³/mol. The van der Waals surface area contributed by atoms with Crippen LogP contribution in [0.2, 0.25) is 0 Å². The maximum Gasteiger partial charge on any atom is 0.123 e. The molecule has 0 amide bonds. The normalized spacial score (nSPS) is 12.6. The molecule has 1 unspecified atom stereocenters. The number of methoxy groups -OCH3 is 1. The van der Waals surface area contributed by atoms with Gasteiger partial charge in [0.2, 0.25) is 0 Å². The summed E-state index contributed by atoms with van der Waals surface area (Å²) in [4.78, 5) is 0.802. The Bertz CT molecular complexity index is 734. The van der Waals surface area contributed by atoms with E-state index < -0.39 is 6.10 Å². The number of aliphatic hydroxyl groups is 1. The van der Waals surface area contributed by atoms with E-state index in [0.717, 1.165) is 26.3 Å². The fourth-order valence-electron chi connectivity index (χ4n) is 2.12. The van der Waals surface area contributed by atoms with Crippen molar-refractivity contribution in [3.05, 3.63) is 64.8 Å². The number of aliphatic hydroxyl groups excluding tert-OH is 1. The van der Waals surface area contributed by atoms with E-state index in [-0.39, 0.29) is 5.82 Å². The van der Waals surface area contributed by atoms with Gasteiger partial charge >= 0.3 is 0 Å². The van der Waals surface area contributed by atoms with Gasteiger partial charge in [0, 0.05) is 9.58 Å². The molecule has 1 aromatic heterocycles. The van der Waals surface area contributed by atoms with Crippen molar-refractivity contribution in [1.82, 2.24) is 0 Å². The third-order valence-corrected chi connectivity index (χ3v) is 4.37. The summed E-state index contributed by atoms with van der Waals surface area (Å²) in [7, 11) is 1.60. The molecule has 4 heteroatoms. The first-order valence-corrected chi connectivity index (χ1v) is 7.00. The van der Waals surface area contributed by atoms with Gasteiger partial charge in [-0.1, -0.05) is 12.1 Å². The zero-order chi connectivity index (χ0) is 14.1. The van der Waals surface area contributed by atoms with Gasteiger partial charge in [-0.3, -0.25) is 0 Å². The zero-order valence-electron chi connectivity index (χ0n) is 10.8. The van der Waals surface area contributed by atoms with Crippen LogP contribution >= 0.6 is 11.3 Å². The van der Waals surface area contributed by atoms with Crippen molar-refractivity contribution >= 4 is 21.4 Å². The number of fused-ring (bicyclic) bond motifs is 1. The van der Waals surface area contributed by atoms with E-state index in [2.05, 4.69) is 0 Å². The number of ether oxygens (including phenoxy) is 1. The summed E-state index contributed by atoms with van der Waals surface area (Å²) < 4.78 is 19.2. The molecule has 0 aliphatic rings. The molecule has 1 atom stereocenters. The molecule has 0 fully saturated rings. The quantitative estimate of drug-likeness (QED) is 0.785. The van der Waals surface area contributed by atoms with Crippen molar-refractivity contribution in [2.75, 3.05) is 7.11 Å². The lowest BCUT2D eigenvalue weighted by molar-refractivity contribution is 0.224. The van der Waals surface area contributed by atoms with Crippen LogP contribution in [0.25, 0.3) is 10.1 Å². The minimum Gasteiger partial charge on any atom is -0.497 e. The van der Waals surface area contributed by atoms with Crippen LogP contribution in [0, 0.1) is 5.82 Å². The number of halogens is 1. The maximum atomic E-state index is 13.2. The Balaban J connectivity index is 1.96. The highest BCUT2D eigenvalue weighted by molar-refractivity contribution is 7.19. The Morgan fingerprint density at radius 2 is 1.85 bits per heavy atom. The smallest absolute Gasteiger partial charge is 0.123 e. The van der Waals surface area contributed by atoms with E-state index in [1.54, 1.807) is 13.2 Å². The van der Waals surface area contributed by atoms with Crippen molar-refractivity contribution in [2.24, 2.45) is 0 Å². The highest BCUT2D eigenvalue weighted by atomic mass is 32.1. The zero-order valence-corrected chi connectivity index (χ0v) is 11.7. The number of rotatable bonds is 3. The first-order chi connectivity index (χ1) is 9.67. The van der Waals surface area contributed by atoms with Gasteiger partial charge in [-0.15, -0.1) is 11.3 Å². The largest absolute Gasteiger partial charge is 0.497 e. The molecule has 0 radical (unpaired) electrons. The van der Waals surface area contributed by atoms with Crippen molar-refractivity contribution in [2.45, 2.75) is 6.10 Å². The van der Waals surface area contributed by atoms with Gasteiger partial charge in [0.05, 0.1) is 7.11 Å². The van der Waals surface area contributed by atoms with Crippen molar-refractivity contribution in [3.63, 3.8) is 0 Å². The highest BCUT2D eigenvalue weighted by Gasteiger charge is 2.14. The van der Waals surface area contributed by atoms with Crippen LogP contribution in [-0.4, -0.2) is 12.2 Å². The Morgan fingerprint density at radius 1 is 1.10 bits per heavy atom. The second-order valence-electron chi connectivity index (χ2n) is 4.51. The predicted octanol–water partition coefficient (Wildman–Crippen LogP) is 4.13. The molecule has 0 saturated carbocycles. The Hall–Kier alpha value is -1.91. The second-order valence-corrected chi connectivity index (χ2v) is 5.62. The number of hydrogen-bond acceptors (Lipinski definition) is 3. The van der Waals surface area contributed by atoms with Gasteiger partial charge in [-0.2, -0.15) is 0 Å². The lowest BCUT2D eigenvalue weighted by Gasteiger charge is -2.09. The summed E-state index contributed by atoms with van der Waals surface area (Å²) in [5.74, 6) is 0.486. The summed E-state index contributed by atoms with van der Waals surface area (Å²) in [5, 5.41) is 11.2. The fourth-order valence-corrected chi connectivity index (χ4v) is 3.18. The van der Waals surface area contributed by atoms with E-state index in [1.165, 1.54) is 23.5 Å². The topological polar surface area (TPSA) is 29.5 Å². The van der Waals surface area contributed by atoms with Crippen LogP contribution < -0.4 is 4.74 Å². The SMILES string of the molecule is COc1ccc(C(O)c2cc3cc(F)ccc3s2)cc1. The third kappa shape index (κ3) is 2.40. The third-order valence-electron chi connectivity index (χ3n) is 3.20. The van der Waals surface area contributed by atoms with Gasteiger partial charge in [-0.25, -0.2) is 4.39 Å². The van der Waals surface area contributed by atoms with Crippen molar-refractivity contribution in [3.8, 4) is 5.75 Å². The second kappa shape index (κ2) is 5.23. The average Bonchev–Trinajstić information content (AvgIpc) is 2.89. The van der Waals surface area contributed by atoms with Crippen LogP contribution in [0.15, 0.2) is 48.5 Å². The molecule has 20 heavy (non-hydrogen) atoms. The summed E-state index contributed by atoms with van der Waals surface area (Å²) in [6, 6.07) is 13.8. The molecule has 3 rings (SSSR count). The molecule has 3 aromatic rings. The van der Waals surface area contributed by atoms with Gasteiger partial charge in [-0.05, 0) is 47.3 Å². The van der Waals surface area contributed by atoms with E-state index >= 15 is 0 Å². The maximum absolute atomic E-state index is 13.2. The molecule has 0 spiro atoms. The molecular weight excluding hydrogens is 275 g/mol. The fraction of sp³-hybridized carbons (Fsp3) is 0.125. The van der Waals surface area contributed by atoms with E-state index in [0.29, 0.717) is 0 Å². The van der Waals surface area contributed by atoms with Gasteiger partial charge < -0.3 is 9.84 Å². The van der Waals surface area contributed by atoms with Gasteiger partial charge in [0.25, 0.3) is 0 Å². The molecule has 0 aliphatic heterocycles. The average molecular weight is 288 g/mol. The summed E-state index contributed by atoms with van der Waals surface area (Å²) in [5.41, 5.74) is 0.790. The molecule has 0 saturated heterocycles. The monoisotopic (exact) mass is 288 g/mol. The lowest BCUT2D eigenvalue weighted by atomic mass is 10.1. The number of benzene rings is 2. The molecule has 2 nitrogen and oxygen atoms in total.